The molecule has 0 unspecified atom stereocenters. The van der Waals surface area contributed by atoms with Gasteiger partial charge in [0.15, 0.2) is 0 Å². The van der Waals surface area contributed by atoms with E-state index >= 15 is 0 Å². The molecule has 1 aromatic heterocycles. The fourth-order valence-electron chi connectivity index (χ4n) is 2.18. The van der Waals surface area contributed by atoms with Crippen molar-refractivity contribution in [3.8, 4) is 0 Å². The Hall–Kier alpha value is -0.990. The van der Waals surface area contributed by atoms with E-state index in [1.165, 1.54) is 0 Å². The van der Waals surface area contributed by atoms with Crippen LogP contribution in [0, 0.1) is 5.41 Å². The monoisotopic (exact) mass is 196 g/mol. The van der Waals surface area contributed by atoms with E-state index in [-0.39, 0.29) is 16.6 Å². The Morgan fingerprint density at radius 2 is 1.86 bits per heavy atom. The maximum atomic E-state index is 11.5. The molecule has 0 radical (unpaired) electrons. The number of aromatic amines is 1. The molecular weight excluding hydrogens is 176 g/mol. The summed E-state index contributed by atoms with van der Waals surface area (Å²) in [6, 6.07) is 0. The zero-order chi connectivity index (χ0) is 11.0. The van der Waals surface area contributed by atoms with E-state index in [0.717, 1.165) is 6.42 Å². The molecule has 0 atom stereocenters. The number of imidazole rings is 1. The number of H-pyrrole nitrogens is 1. The first-order valence-corrected chi connectivity index (χ1v) is 4.99. The van der Waals surface area contributed by atoms with Crippen LogP contribution < -0.4 is 5.69 Å². The van der Waals surface area contributed by atoms with Gasteiger partial charge >= 0.3 is 5.69 Å². The first-order chi connectivity index (χ1) is 6.22. The average molecular weight is 196 g/mol. The Morgan fingerprint density at radius 1 is 1.29 bits per heavy atom. The smallest absolute Gasteiger partial charge is 0.313 e. The second-order valence-electron chi connectivity index (χ2n) is 5.69. The molecule has 0 saturated carbocycles. The second-order valence-corrected chi connectivity index (χ2v) is 5.69. The van der Waals surface area contributed by atoms with Crippen molar-refractivity contribution in [2.45, 2.75) is 46.6 Å². The SMILES string of the molecule is CC(C)(C)CC(C)(C)n1cc[nH]c1=O. The Labute approximate surface area is 85.2 Å². The summed E-state index contributed by atoms with van der Waals surface area (Å²) in [4.78, 5) is 14.1. The third kappa shape index (κ3) is 2.50. The quantitative estimate of drug-likeness (QED) is 0.774. The molecule has 0 aromatic carbocycles. The van der Waals surface area contributed by atoms with Gasteiger partial charge in [0, 0.05) is 17.9 Å². The Balaban J connectivity index is 2.97. The van der Waals surface area contributed by atoms with Gasteiger partial charge in [0.2, 0.25) is 0 Å². The van der Waals surface area contributed by atoms with Crippen molar-refractivity contribution in [1.82, 2.24) is 9.55 Å². The fourth-order valence-corrected chi connectivity index (χ4v) is 2.18. The lowest BCUT2D eigenvalue weighted by molar-refractivity contribution is 0.210. The van der Waals surface area contributed by atoms with Crippen molar-refractivity contribution < 1.29 is 0 Å². The van der Waals surface area contributed by atoms with Crippen LogP contribution in [0.1, 0.15) is 41.0 Å². The van der Waals surface area contributed by atoms with Gasteiger partial charge in [-0.05, 0) is 25.7 Å². The predicted molar refractivity (Wildman–Crippen MR) is 58.4 cm³/mol. The molecule has 0 amide bonds. The molecule has 80 valence electrons. The van der Waals surface area contributed by atoms with Gasteiger partial charge in [-0.2, -0.15) is 0 Å². The summed E-state index contributed by atoms with van der Waals surface area (Å²) >= 11 is 0. The highest BCUT2D eigenvalue weighted by Crippen LogP contribution is 2.30. The van der Waals surface area contributed by atoms with E-state index in [0.29, 0.717) is 0 Å². The van der Waals surface area contributed by atoms with Crippen molar-refractivity contribution in [2.75, 3.05) is 0 Å². The van der Waals surface area contributed by atoms with E-state index in [1.54, 1.807) is 10.8 Å². The lowest BCUT2D eigenvalue weighted by Gasteiger charge is -2.32. The van der Waals surface area contributed by atoms with E-state index in [9.17, 15) is 4.79 Å². The minimum absolute atomic E-state index is 0.0285. The van der Waals surface area contributed by atoms with Crippen LogP contribution >= 0.6 is 0 Å². The molecule has 14 heavy (non-hydrogen) atoms. The molecule has 0 spiro atoms. The molecule has 1 aromatic rings. The zero-order valence-electron chi connectivity index (χ0n) is 9.72. The van der Waals surface area contributed by atoms with Gasteiger partial charge in [-0.3, -0.25) is 4.57 Å². The third-order valence-corrected chi connectivity index (χ3v) is 2.26. The van der Waals surface area contributed by atoms with Crippen LogP contribution in [0.5, 0.6) is 0 Å². The molecule has 0 aliphatic heterocycles. The van der Waals surface area contributed by atoms with E-state index in [2.05, 4.69) is 39.6 Å². The molecule has 0 aliphatic carbocycles. The second kappa shape index (κ2) is 3.30. The lowest BCUT2D eigenvalue weighted by Crippen LogP contribution is -2.37. The molecule has 1 rings (SSSR count). The molecule has 0 saturated heterocycles. The van der Waals surface area contributed by atoms with Crippen molar-refractivity contribution in [3.63, 3.8) is 0 Å². The van der Waals surface area contributed by atoms with Gasteiger partial charge in [0.05, 0.1) is 0 Å². The van der Waals surface area contributed by atoms with Crippen LogP contribution in [0.15, 0.2) is 17.2 Å². The topological polar surface area (TPSA) is 37.8 Å². The van der Waals surface area contributed by atoms with Gasteiger partial charge in [0.1, 0.15) is 0 Å². The van der Waals surface area contributed by atoms with Crippen molar-refractivity contribution in [1.29, 1.82) is 0 Å². The molecule has 0 fully saturated rings. The zero-order valence-corrected chi connectivity index (χ0v) is 9.72. The summed E-state index contributed by atoms with van der Waals surface area (Å²) in [5.41, 5.74) is 0.0643. The van der Waals surface area contributed by atoms with Crippen LogP contribution in [0.25, 0.3) is 0 Å². The number of aromatic nitrogens is 2. The summed E-state index contributed by atoms with van der Waals surface area (Å²) in [5.74, 6) is 0. The summed E-state index contributed by atoms with van der Waals surface area (Å²) in [5, 5.41) is 0. The molecule has 1 heterocycles. The van der Waals surface area contributed by atoms with Crippen LogP contribution in [0.3, 0.4) is 0 Å². The van der Waals surface area contributed by atoms with Gasteiger partial charge < -0.3 is 4.98 Å². The number of nitrogens with zero attached hydrogens (tertiary/aromatic N) is 1. The van der Waals surface area contributed by atoms with Gasteiger partial charge in [-0.15, -0.1) is 0 Å². The van der Waals surface area contributed by atoms with Crippen molar-refractivity contribution >= 4 is 0 Å². The minimum atomic E-state index is -0.130. The summed E-state index contributed by atoms with van der Waals surface area (Å²) in [6.45, 7) is 10.7. The molecule has 3 heteroatoms. The lowest BCUT2D eigenvalue weighted by atomic mass is 9.81. The molecule has 3 nitrogen and oxygen atoms in total. The number of hydrogen-bond donors (Lipinski definition) is 1. The highest BCUT2D eigenvalue weighted by molar-refractivity contribution is 4.89. The normalized spacial score (nSPS) is 13.2. The molecule has 1 N–H and O–H groups in total. The first-order valence-electron chi connectivity index (χ1n) is 4.99. The summed E-state index contributed by atoms with van der Waals surface area (Å²) < 4.78 is 1.76. The Morgan fingerprint density at radius 3 is 2.21 bits per heavy atom. The average Bonchev–Trinajstić information content (AvgIpc) is 2.29. The van der Waals surface area contributed by atoms with Gasteiger partial charge in [0.25, 0.3) is 0 Å². The third-order valence-electron chi connectivity index (χ3n) is 2.26. The van der Waals surface area contributed by atoms with Crippen LogP contribution in [-0.2, 0) is 5.54 Å². The van der Waals surface area contributed by atoms with E-state index in [4.69, 9.17) is 0 Å². The summed E-state index contributed by atoms with van der Waals surface area (Å²) in [6.07, 6.45) is 4.47. The molecule has 0 bridgehead atoms. The standard InChI is InChI=1S/C11H20N2O/c1-10(2,3)8-11(4,5)13-7-6-12-9(13)14/h6-7H,8H2,1-5H3,(H,12,14). The Kier molecular flexibility index (Phi) is 2.61. The highest BCUT2D eigenvalue weighted by atomic mass is 16.1. The van der Waals surface area contributed by atoms with E-state index < -0.39 is 0 Å². The predicted octanol–water partition coefficient (Wildman–Crippen LogP) is 2.35. The summed E-state index contributed by atoms with van der Waals surface area (Å²) in [7, 11) is 0. The van der Waals surface area contributed by atoms with Gasteiger partial charge in [-0.25, -0.2) is 4.79 Å². The van der Waals surface area contributed by atoms with Crippen molar-refractivity contribution in [2.24, 2.45) is 5.41 Å². The van der Waals surface area contributed by atoms with Crippen molar-refractivity contribution in [3.05, 3.63) is 22.9 Å². The number of nitrogens with one attached hydrogen (secondary N) is 1. The Bertz CT molecular complexity index is 352. The number of rotatable bonds is 2. The minimum Gasteiger partial charge on any atom is -0.313 e. The molecular formula is C11H20N2O. The van der Waals surface area contributed by atoms with Gasteiger partial charge in [-0.1, -0.05) is 20.8 Å². The van der Waals surface area contributed by atoms with Crippen LogP contribution in [0.4, 0.5) is 0 Å². The largest absolute Gasteiger partial charge is 0.325 e. The fraction of sp³-hybridized carbons (Fsp3) is 0.727. The highest BCUT2D eigenvalue weighted by Gasteiger charge is 2.27. The van der Waals surface area contributed by atoms with Crippen LogP contribution in [0.2, 0.25) is 0 Å². The van der Waals surface area contributed by atoms with Crippen LogP contribution in [-0.4, -0.2) is 9.55 Å². The van der Waals surface area contributed by atoms with E-state index in [1.807, 2.05) is 6.20 Å². The molecule has 0 aliphatic rings. The maximum absolute atomic E-state index is 11.5. The maximum Gasteiger partial charge on any atom is 0.325 e. The number of hydrogen-bond acceptors (Lipinski definition) is 1. The first kappa shape index (κ1) is 11.1.